The summed E-state index contributed by atoms with van der Waals surface area (Å²) in [6.07, 6.45) is 3.50. The summed E-state index contributed by atoms with van der Waals surface area (Å²) in [4.78, 5) is 2.44. The van der Waals surface area contributed by atoms with Gasteiger partial charge in [0.1, 0.15) is 0 Å². The van der Waals surface area contributed by atoms with Gasteiger partial charge in [-0.15, -0.1) is 19.0 Å². The summed E-state index contributed by atoms with van der Waals surface area (Å²) in [6, 6.07) is 8.78. The SMILES string of the molecule is C=C(C)C[C@H](N)c1ccc(N2CCCC2)cc1.Cl. The molecule has 0 bridgehead atoms. The van der Waals surface area contributed by atoms with E-state index in [0.29, 0.717) is 0 Å². The Bertz CT molecular complexity index is 380. The van der Waals surface area contributed by atoms with Crippen LogP contribution in [0.25, 0.3) is 0 Å². The topological polar surface area (TPSA) is 29.3 Å². The molecule has 100 valence electrons. The molecule has 1 atom stereocenters. The number of rotatable bonds is 4. The maximum Gasteiger partial charge on any atom is 0.0366 e. The first-order valence-electron chi connectivity index (χ1n) is 6.41. The average Bonchev–Trinajstić information content (AvgIpc) is 2.82. The largest absolute Gasteiger partial charge is 0.372 e. The smallest absolute Gasteiger partial charge is 0.0366 e. The van der Waals surface area contributed by atoms with Gasteiger partial charge < -0.3 is 10.6 Å². The highest BCUT2D eigenvalue weighted by Crippen LogP contribution is 2.24. The van der Waals surface area contributed by atoms with Crippen LogP contribution in [0.2, 0.25) is 0 Å². The van der Waals surface area contributed by atoms with Crippen molar-refractivity contribution in [1.29, 1.82) is 0 Å². The first-order valence-corrected chi connectivity index (χ1v) is 6.41. The van der Waals surface area contributed by atoms with Gasteiger partial charge in [-0.3, -0.25) is 0 Å². The zero-order chi connectivity index (χ0) is 12.3. The van der Waals surface area contributed by atoms with Crippen LogP contribution in [0.3, 0.4) is 0 Å². The number of nitrogens with zero attached hydrogens (tertiary/aromatic N) is 1. The molecule has 18 heavy (non-hydrogen) atoms. The van der Waals surface area contributed by atoms with Gasteiger partial charge in [-0.05, 0) is 43.9 Å². The normalized spacial score (nSPS) is 16.2. The molecule has 0 amide bonds. The predicted molar refractivity (Wildman–Crippen MR) is 81.5 cm³/mol. The molecule has 1 aromatic rings. The summed E-state index contributed by atoms with van der Waals surface area (Å²) >= 11 is 0. The second kappa shape index (κ2) is 6.81. The maximum absolute atomic E-state index is 6.13. The van der Waals surface area contributed by atoms with Gasteiger partial charge in [-0.1, -0.05) is 17.7 Å². The van der Waals surface area contributed by atoms with E-state index in [9.17, 15) is 0 Å². The lowest BCUT2D eigenvalue weighted by atomic mass is 10.0. The van der Waals surface area contributed by atoms with E-state index in [4.69, 9.17) is 5.73 Å². The van der Waals surface area contributed by atoms with E-state index in [1.165, 1.54) is 37.2 Å². The van der Waals surface area contributed by atoms with E-state index in [1.54, 1.807) is 0 Å². The third-order valence-corrected chi connectivity index (χ3v) is 3.36. The highest BCUT2D eigenvalue weighted by Gasteiger charge is 2.12. The van der Waals surface area contributed by atoms with E-state index in [1.807, 2.05) is 6.92 Å². The second-order valence-corrected chi connectivity index (χ2v) is 5.05. The molecule has 0 aromatic heterocycles. The summed E-state index contributed by atoms with van der Waals surface area (Å²) in [7, 11) is 0. The molecular formula is C15H23ClN2. The summed E-state index contributed by atoms with van der Waals surface area (Å²) in [6.45, 7) is 8.32. The Morgan fingerprint density at radius 3 is 2.33 bits per heavy atom. The van der Waals surface area contributed by atoms with Gasteiger partial charge in [-0.25, -0.2) is 0 Å². The zero-order valence-electron chi connectivity index (χ0n) is 11.1. The van der Waals surface area contributed by atoms with Crippen LogP contribution in [0.4, 0.5) is 5.69 Å². The van der Waals surface area contributed by atoms with Crippen molar-refractivity contribution in [3.63, 3.8) is 0 Å². The molecule has 1 fully saturated rings. The fourth-order valence-electron chi connectivity index (χ4n) is 2.40. The Kier molecular flexibility index (Phi) is 5.70. The van der Waals surface area contributed by atoms with Crippen molar-refractivity contribution < 1.29 is 0 Å². The molecule has 1 aliphatic rings. The van der Waals surface area contributed by atoms with Gasteiger partial charge in [0.25, 0.3) is 0 Å². The van der Waals surface area contributed by atoms with Gasteiger partial charge in [-0.2, -0.15) is 0 Å². The quantitative estimate of drug-likeness (QED) is 0.843. The Balaban J connectivity index is 0.00000162. The first kappa shape index (κ1) is 15.1. The highest BCUT2D eigenvalue weighted by atomic mass is 35.5. The molecule has 3 heteroatoms. The molecule has 0 saturated carbocycles. The van der Waals surface area contributed by atoms with Crippen molar-refractivity contribution in [2.45, 2.75) is 32.2 Å². The van der Waals surface area contributed by atoms with E-state index in [0.717, 1.165) is 12.0 Å². The van der Waals surface area contributed by atoms with Crippen LogP contribution in [0.5, 0.6) is 0 Å². The Morgan fingerprint density at radius 1 is 1.28 bits per heavy atom. The van der Waals surface area contributed by atoms with Gasteiger partial charge in [0.2, 0.25) is 0 Å². The molecule has 1 aromatic carbocycles. The van der Waals surface area contributed by atoms with Crippen molar-refractivity contribution in [2.24, 2.45) is 5.73 Å². The number of nitrogens with two attached hydrogens (primary N) is 1. The fourth-order valence-corrected chi connectivity index (χ4v) is 2.40. The van der Waals surface area contributed by atoms with Gasteiger partial charge in [0, 0.05) is 24.8 Å². The Morgan fingerprint density at radius 2 is 1.83 bits per heavy atom. The lowest BCUT2D eigenvalue weighted by Gasteiger charge is -2.19. The summed E-state index contributed by atoms with van der Waals surface area (Å²) in [5.41, 5.74) is 9.80. The molecule has 1 saturated heterocycles. The zero-order valence-corrected chi connectivity index (χ0v) is 11.9. The van der Waals surface area contributed by atoms with E-state index < -0.39 is 0 Å². The summed E-state index contributed by atoms with van der Waals surface area (Å²) < 4.78 is 0. The van der Waals surface area contributed by atoms with Crippen molar-refractivity contribution in [3.8, 4) is 0 Å². The minimum atomic E-state index is 0. The highest BCUT2D eigenvalue weighted by molar-refractivity contribution is 5.85. The van der Waals surface area contributed by atoms with Crippen LogP contribution in [0, 0.1) is 0 Å². The molecule has 2 N–H and O–H groups in total. The third-order valence-electron chi connectivity index (χ3n) is 3.36. The lowest BCUT2D eigenvalue weighted by Crippen LogP contribution is -2.17. The Labute approximate surface area is 116 Å². The van der Waals surface area contributed by atoms with Crippen molar-refractivity contribution in [1.82, 2.24) is 0 Å². The minimum Gasteiger partial charge on any atom is -0.372 e. The van der Waals surface area contributed by atoms with Crippen LogP contribution in [0.1, 0.15) is 37.8 Å². The fraction of sp³-hybridized carbons (Fsp3) is 0.467. The van der Waals surface area contributed by atoms with Gasteiger partial charge >= 0.3 is 0 Å². The first-order chi connectivity index (χ1) is 8.16. The average molecular weight is 267 g/mol. The summed E-state index contributed by atoms with van der Waals surface area (Å²) in [5, 5.41) is 0. The number of hydrogen-bond acceptors (Lipinski definition) is 2. The van der Waals surface area contributed by atoms with Crippen molar-refractivity contribution >= 4 is 18.1 Å². The van der Waals surface area contributed by atoms with Crippen LogP contribution >= 0.6 is 12.4 Å². The van der Waals surface area contributed by atoms with Crippen LogP contribution in [-0.4, -0.2) is 13.1 Å². The number of halogens is 1. The third kappa shape index (κ3) is 3.76. The molecule has 1 aliphatic heterocycles. The Hall–Kier alpha value is -0.990. The molecule has 1 heterocycles. The number of hydrogen-bond donors (Lipinski definition) is 1. The molecular weight excluding hydrogens is 244 g/mol. The van der Waals surface area contributed by atoms with Gasteiger partial charge in [0.15, 0.2) is 0 Å². The lowest BCUT2D eigenvalue weighted by molar-refractivity contribution is 0.717. The minimum absolute atomic E-state index is 0. The van der Waals surface area contributed by atoms with Crippen LogP contribution in [0.15, 0.2) is 36.4 Å². The van der Waals surface area contributed by atoms with Crippen LogP contribution < -0.4 is 10.6 Å². The van der Waals surface area contributed by atoms with E-state index in [2.05, 4.69) is 35.7 Å². The standard InChI is InChI=1S/C15H22N2.ClH/c1-12(2)11-15(16)13-5-7-14(8-6-13)17-9-3-4-10-17;/h5-8,15H,1,3-4,9-11,16H2,2H3;1H/t15-;/m0./s1. The number of anilines is 1. The second-order valence-electron chi connectivity index (χ2n) is 5.05. The van der Waals surface area contributed by atoms with Crippen LogP contribution in [-0.2, 0) is 0 Å². The van der Waals surface area contributed by atoms with E-state index >= 15 is 0 Å². The molecule has 2 rings (SSSR count). The van der Waals surface area contributed by atoms with E-state index in [-0.39, 0.29) is 18.4 Å². The maximum atomic E-state index is 6.13. The molecule has 2 nitrogen and oxygen atoms in total. The molecule has 0 unspecified atom stereocenters. The molecule has 0 radical (unpaired) electrons. The van der Waals surface area contributed by atoms with Crippen molar-refractivity contribution in [3.05, 3.63) is 42.0 Å². The molecule has 0 spiro atoms. The summed E-state index contributed by atoms with van der Waals surface area (Å²) in [5.74, 6) is 0. The predicted octanol–water partition coefficient (Wildman–Crippen LogP) is 3.67. The molecule has 0 aliphatic carbocycles. The van der Waals surface area contributed by atoms with Crippen molar-refractivity contribution in [2.75, 3.05) is 18.0 Å². The van der Waals surface area contributed by atoms with Gasteiger partial charge in [0.05, 0.1) is 0 Å². The number of benzene rings is 1. The monoisotopic (exact) mass is 266 g/mol.